The SMILES string of the molecule is Cc1nn(CC(=O)N2CCCCCC2)c(C)c1S(=O)(=O)N(C)C. The Balaban J connectivity index is 2.23. The number of carbonyl (C=O) groups excluding carboxylic acids is 1. The molecule has 0 radical (unpaired) electrons. The van der Waals surface area contributed by atoms with Crippen molar-refractivity contribution in [2.45, 2.75) is 51.0 Å². The molecule has 0 aromatic carbocycles. The number of sulfonamides is 1. The quantitative estimate of drug-likeness (QED) is 0.823. The molecule has 1 aliphatic rings. The van der Waals surface area contributed by atoms with E-state index in [1.165, 1.54) is 23.1 Å². The summed E-state index contributed by atoms with van der Waals surface area (Å²) in [7, 11) is -0.571. The Morgan fingerprint density at radius 2 is 1.70 bits per heavy atom. The predicted molar refractivity (Wildman–Crippen MR) is 87.6 cm³/mol. The van der Waals surface area contributed by atoms with E-state index < -0.39 is 10.0 Å². The molecule has 1 aliphatic heterocycles. The van der Waals surface area contributed by atoms with Gasteiger partial charge in [0.2, 0.25) is 15.9 Å². The third-order valence-electron chi connectivity index (χ3n) is 4.30. The minimum Gasteiger partial charge on any atom is -0.341 e. The Labute approximate surface area is 138 Å². The number of aromatic nitrogens is 2. The van der Waals surface area contributed by atoms with Crippen molar-refractivity contribution in [3.05, 3.63) is 11.4 Å². The van der Waals surface area contributed by atoms with E-state index in [2.05, 4.69) is 5.10 Å². The van der Waals surface area contributed by atoms with E-state index in [-0.39, 0.29) is 17.3 Å². The van der Waals surface area contributed by atoms with E-state index in [0.717, 1.165) is 38.8 Å². The van der Waals surface area contributed by atoms with E-state index in [1.54, 1.807) is 13.8 Å². The Kier molecular flexibility index (Phi) is 5.46. The average molecular weight is 342 g/mol. The molecule has 1 saturated heterocycles. The third-order valence-corrected chi connectivity index (χ3v) is 6.37. The van der Waals surface area contributed by atoms with Gasteiger partial charge in [0.15, 0.2) is 0 Å². The molecule has 7 nitrogen and oxygen atoms in total. The molecule has 0 atom stereocenters. The normalized spacial score (nSPS) is 16.7. The molecule has 0 bridgehead atoms. The van der Waals surface area contributed by atoms with Gasteiger partial charge in [0.05, 0.1) is 11.4 Å². The van der Waals surface area contributed by atoms with Crippen LogP contribution in [0.25, 0.3) is 0 Å². The van der Waals surface area contributed by atoms with Gasteiger partial charge in [-0.2, -0.15) is 5.10 Å². The molecule has 1 amide bonds. The molecular formula is C15H26N4O3S. The van der Waals surface area contributed by atoms with Crippen molar-refractivity contribution in [3.8, 4) is 0 Å². The van der Waals surface area contributed by atoms with Crippen LogP contribution in [-0.4, -0.2) is 60.5 Å². The van der Waals surface area contributed by atoms with Gasteiger partial charge in [-0.05, 0) is 26.7 Å². The Hall–Kier alpha value is -1.41. The second-order valence-corrected chi connectivity index (χ2v) is 8.33. The standard InChI is InChI=1S/C15H26N4O3S/c1-12-15(23(21,22)17(3)4)13(2)19(16-12)11-14(20)18-9-7-5-6-8-10-18/h5-11H2,1-4H3. The van der Waals surface area contributed by atoms with Crippen LogP contribution in [-0.2, 0) is 21.4 Å². The molecular weight excluding hydrogens is 316 g/mol. The highest BCUT2D eigenvalue weighted by molar-refractivity contribution is 7.89. The van der Waals surface area contributed by atoms with Crippen LogP contribution in [0.1, 0.15) is 37.1 Å². The maximum atomic E-state index is 12.5. The highest BCUT2D eigenvalue weighted by Crippen LogP contribution is 2.22. The summed E-state index contributed by atoms with van der Waals surface area (Å²) in [6.07, 6.45) is 4.38. The van der Waals surface area contributed by atoms with Crippen molar-refractivity contribution in [1.29, 1.82) is 0 Å². The highest BCUT2D eigenvalue weighted by atomic mass is 32.2. The lowest BCUT2D eigenvalue weighted by Crippen LogP contribution is -2.35. The van der Waals surface area contributed by atoms with Crippen LogP contribution in [0, 0.1) is 13.8 Å². The largest absolute Gasteiger partial charge is 0.341 e. The topological polar surface area (TPSA) is 75.5 Å². The van der Waals surface area contributed by atoms with Crippen LogP contribution in [0.5, 0.6) is 0 Å². The second kappa shape index (κ2) is 7.00. The van der Waals surface area contributed by atoms with Crippen LogP contribution in [0.2, 0.25) is 0 Å². The highest BCUT2D eigenvalue weighted by Gasteiger charge is 2.27. The predicted octanol–water partition coefficient (Wildman–Crippen LogP) is 1.15. The van der Waals surface area contributed by atoms with Gasteiger partial charge >= 0.3 is 0 Å². The summed E-state index contributed by atoms with van der Waals surface area (Å²) >= 11 is 0. The molecule has 8 heteroatoms. The van der Waals surface area contributed by atoms with Gasteiger partial charge in [-0.3, -0.25) is 9.48 Å². The van der Waals surface area contributed by atoms with Crippen LogP contribution in [0.15, 0.2) is 4.90 Å². The van der Waals surface area contributed by atoms with Gasteiger partial charge in [0.25, 0.3) is 0 Å². The molecule has 2 heterocycles. The van der Waals surface area contributed by atoms with Crippen molar-refractivity contribution >= 4 is 15.9 Å². The molecule has 130 valence electrons. The zero-order chi connectivity index (χ0) is 17.2. The fourth-order valence-electron chi connectivity index (χ4n) is 2.94. The molecule has 0 saturated carbocycles. The lowest BCUT2D eigenvalue weighted by molar-refractivity contribution is -0.132. The number of nitrogens with zero attached hydrogens (tertiary/aromatic N) is 4. The van der Waals surface area contributed by atoms with Crippen LogP contribution in [0.4, 0.5) is 0 Å². The maximum absolute atomic E-state index is 12.5. The number of hydrogen-bond donors (Lipinski definition) is 0. The van der Waals surface area contributed by atoms with Gasteiger partial charge in [0.1, 0.15) is 11.4 Å². The zero-order valence-electron chi connectivity index (χ0n) is 14.4. The summed E-state index contributed by atoms with van der Waals surface area (Å²) in [5, 5.41) is 4.28. The molecule has 0 aliphatic carbocycles. The summed E-state index contributed by atoms with van der Waals surface area (Å²) < 4.78 is 27.5. The van der Waals surface area contributed by atoms with Crippen molar-refractivity contribution in [2.24, 2.45) is 0 Å². The van der Waals surface area contributed by atoms with Gasteiger partial charge in [-0.15, -0.1) is 0 Å². The molecule has 0 spiro atoms. The van der Waals surface area contributed by atoms with Gasteiger partial charge < -0.3 is 4.90 Å². The van der Waals surface area contributed by atoms with Crippen LogP contribution in [0.3, 0.4) is 0 Å². The third kappa shape index (κ3) is 3.74. The smallest absolute Gasteiger partial charge is 0.246 e. The summed E-state index contributed by atoms with van der Waals surface area (Å²) in [5.74, 6) is 0.00583. The zero-order valence-corrected chi connectivity index (χ0v) is 15.2. The lowest BCUT2D eigenvalue weighted by Gasteiger charge is -2.20. The maximum Gasteiger partial charge on any atom is 0.246 e. The summed E-state index contributed by atoms with van der Waals surface area (Å²) in [4.78, 5) is 14.5. The summed E-state index contributed by atoms with van der Waals surface area (Å²) in [5.41, 5.74) is 0.944. The Morgan fingerprint density at radius 3 is 2.22 bits per heavy atom. The monoisotopic (exact) mass is 342 g/mol. The fraction of sp³-hybridized carbons (Fsp3) is 0.733. The van der Waals surface area contributed by atoms with Gasteiger partial charge in [-0.1, -0.05) is 12.8 Å². The molecule has 0 unspecified atom stereocenters. The number of likely N-dealkylation sites (tertiary alicyclic amines) is 1. The van der Waals surface area contributed by atoms with E-state index in [4.69, 9.17) is 0 Å². The number of hydrogen-bond acceptors (Lipinski definition) is 4. The Bertz CT molecular complexity index is 671. The minimum absolute atomic E-state index is 0.00583. The molecule has 2 rings (SSSR count). The Morgan fingerprint density at radius 1 is 1.13 bits per heavy atom. The fourth-order valence-corrected chi connectivity index (χ4v) is 4.20. The van der Waals surface area contributed by atoms with Crippen LogP contribution < -0.4 is 0 Å². The van der Waals surface area contributed by atoms with Crippen molar-refractivity contribution in [2.75, 3.05) is 27.2 Å². The second-order valence-electron chi connectivity index (χ2n) is 6.24. The molecule has 0 N–H and O–H groups in total. The van der Waals surface area contributed by atoms with Crippen molar-refractivity contribution in [1.82, 2.24) is 19.0 Å². The van der Waals surface area contributed by atoms with E-state index in [1.807, 2.05) is 4.90 Å². The number of aryl methyl sites for hydroxylation is 1. The van der Waals surface area contributed by atoms with Crippen molar-refractivity contribution in [3.63, 3.8) is 0 Å². The average Bonchev–Trinajstić information content (AvgIpc) is 2.68. The van der Waals surface area contributed by atoms with Gasteiger partial charge in [-0.25, -0.2) is 12.7 Å². The number of amides is 1. The number of rotatable bonds is 4. The van der Waals surface area contributed by atoms with Crippen molar-refractivity contribution < 1.29 is 13.2 Å². The molecule has 1 aromatic rings. The molecule has 23 heavy (non-hydrogen) atoms. The first-order valence-electron chi connectivity index (χ1n) is 7.99. The first-order valence-corrected chi connectivity index (χ1v) is 9.43. The van der Waals surface area contributed by atoms with Crippen LogP contribution >= 0.6 is 0 Å². The van der Waals surface area contributed by atoms with Gasteiger partial charge in [0, 0.05) is 27.2 Å². The first kappa shape index (κ1) is 17.9. The minimum atomic E-state index is -3.56. The van der Waals surface area contributed by atoms with E-state index in [0.29, 0.717) is 11.4 Å². The molecule has 1 fully saturated rings. The summed E-state index contributed by atoms with van der Waals surface area (Å²) in [6.45, 7) is 5.01. The van der Waals surface area contributed by atoms with E-state index >= 15 is 0 Å². The number of carbonyl (C=O) groups is 1. The summed E-state index contributed by atoms with van der Waals surface area (Å²) in [6, 6.07) is 0. The van der Waals surface area contributed by atoms with E-state index in [9.17, 15) is 13.2 Å². The lowest BCUT2D eigenvalue weighted by atomic mass is 10.2. The molecule has 1 aromatic heterocycles. The first-order chi connectivity index (χ1) is 10.7.